The number of nitrogens with zero attached hydrogens (tertiary/aromatic N) is 2. The van der Waals surface area contributed by atoms with Crippen molar-refractivity contribution in [2.45, 2.75) is 26.3 Å². The fourth-order valence-corrected chi connectivity index (χ4v) is 0.822. The Hall–Kier alpha value is -0.570. The summed E-state index contributed by atoms with van der Waals surface area (Å²) in [5.41, 5.74) is 0. The number of hydrogen-bond acceptors (Lipinski definition) is 2. The van der Waals surface area contributed by atoms with E-state index in [1.54, 1.807) is 19.0 Å². The van der Waals surface area contributed by atoms with E-state index in [4.69, 9.17) is 0 Å². The predicted molar refractivity (Wildman–Crippen MR) is 51.1 cm³/mol. The lowest BCUT2D eigenvalue weighted by molar-refractivity contribution is -0.130. The summed E-state index contributed by atoms with van der Waals surface area (Å²) < 4.78 is 0. The molecule has 0 radical (unpaired) electrons. The second-order valence-electron chi connectivity index (χ2n) is 3.46. The summed E-state index contributed by atoms with van der Waals surface area (Å²) in [6, 6.07) is 0.480. The molecule has 0 saturated heterocycles. The monoisotopic (exact) mass is 172 g/mol. The van der Waals surface area contributed by atoms with Crippen molar-refractivity contribution in [3.8, 4) is 0 Å². The van der Waals surface area contributed by atoms with Crippen molar-refractivity contribution in [3.63, 3.8) is 0 Å². The number of amides is 1. The lowest BCUT2D eigenvalue weighted by atomic mass is 10.2. The van der Waals surface area contributed by atoms with Crippen LogP contribution in [-0.4, -0.2) is 49.4 Å². The molecule has 0 aliphatic carbocycles. The summed E-state index contributed by atoms with van der Waals surface area (Å²) in [5, 5.41) is 0. The molecule has 1 atom stereocenters. The van der Waals surface area contributed by atoms with Crippen LogP contribution in [0.2, 0.25) is 0 Å². The molecule has 0 bridgehead atoms. The van der Waals surface area contributed by atoms with E-state index in [-0.39, 0.29) is 5.91 Å². The normalized spacial score (nSPS) is 13.2. The van der Waals surface area contributed by atoms with E-state index >= 15 is 0 Å². The first-order valence-corrected chi connectivity index (χ1v) is 4.39. The summed E-state index contributed by atoms with van der Waals surface area (Å²) in [6.45, 7) is 4.77. The smallest absolute Gasteiger partial charge is 0.236 e. The van der Waals surface area contributed by atoms with E-state index in [1.165, 1.54) is 0 Å². The molecule has 0 N–H and O–H groups in total. The molecule has 0 rings (SSSR count). The molecule has 0 spiro atoms. The average molecular weight is 172 g/mol. The zero-order valence-electron chi connectivity index (χ0n) is 8.79. The van der Waals surface area contributed by atoms with Crippen LogP contribution in [0.1, 0.15) is 20.3 Å². The maximum atomic E-state index is 11.3. The predicted octanol–water partition coefficient (Wildman–Crippen LogP) is 0.805. The standard InChI is InChI=1S/C9H20N2O/c1-6-8(2)11(5)7-9(12)10(3)4/h8H,6-7H2,1-5H3. The van der Waals surface area contributed by atoms with Gasteiger partial charge in [-0.2, -0.15) is 0 Å². The van der Waals surface area contributed by atoms with Gasteiger partial charge in [0.2, 0.25) is 5.91 Å². The molecule has 72 valence electrons. The highest BCUT2D eigenvalue weighted by Crippen LogP contribution is 1.99. The largest absolute Gasteiger partial charge is 0.348 e. The van der Waals surface area contributed by atoms with E-state index in [2.05, 4.69) is 18.7 Å². The molecular formula is C9H20N2O. The molecule has 12 heavy (non-hydrogen) atoms. The highest BCUT2D eigenvalue weighted by molar-refractivity contribution is 5.77. The van der Waals surface area contributed by atoms with Gasteiger partial charge in [0.15, 0.2) is 0 Å². The van der Waals surface area contributed by atoms with Gasteiger partial charge in [0.25, 0.3) is 0 Å². The van der Waals surface area contributed by atoms with Gasteiger partial charge < -0.3 is 4.90 Å². The number of likely N-dealkylation sites (N-methyl/N-ethyl adjacent to an activating group) is 2. The lowest BCUT2D eigenvalue weighted by Gasteiger charge is -2.24. The minimum Gasteiger partial charge on any atom is -0.348 e. The van der Waals surface area contributed by atoms with E-state index in [9.17, 15) is 4.79 Å². The zero-order chi connectivity index (χ0) is 9.72. The maximum absolute atomic E-state index is 11.3. The van der Waals surface area contributed by atoms with Crippen LogP contribution in [0.4, 0.5) is 0 Å². The van der Waals surface area contributed by atoms with Crippen molar-refractivity contribution < 1.29 is 4.79 Å². The summed E-state index contributed by atoms with van der Waals surface area (Å²) in [6.07, 6.45) is 1.08. The van der Waals surface area contributed by atoms with Crippen LogP contribution in [0.5, 0.6) is 0 Å². The third kappa shape index (κ3) is 3.72. The third-order valence-electron chi connectivity index (χ3n) is 2.23. The van der Waals surface area contributed by atoms with Crippen molar-refractivity contribution >= 4 is 5.91 Å². The fourth-order valence-electron chi connectivity index (χ4n) is 0.822. The lowest BCUT2D eigenvalue weighted by Crippen LogP contribution is -2.38. The quantitative estimate of drug-likeness (QED) is 0.626. The number of carbonyl (C=O) groups excluding carboxylic acids is 1. The molecule has 1 amide bonds. The topological polar surface area (TPSA) is 23.6 Å². The molecule has 0 heterocycles. The van der Waals surface area contributed by atoms with Gasteiger partial charge in [-0.25, -0.2) is 0 Å². The van der Waals surface area contributed by atoms with Crippen molar-refractivity contribution in [1.29, 1.82) is 0 Å². The maximum Gasteiger partial charge on any atom is 0.236 e. The van der Waals surface area contributed by atoms with E-state index in [0.717, 1.165) is 6.42 Å². The minimum atomic E-state index is 0.165. The minimum absolute atomic E-state index is 0.165. The first-order chi connectivity index (χ1) is 5.49. The van der Waals surface area contributed by atoms with Gasteiger partial charge in [-0.15, -0.1) is 0 Å². The van der Waals surface area contributed by atoms with Crippen LogP contribution in [-0.2, 0) is 4.79 Å². The Morgan fingerprint density at radius 3 is 2.17 bits per heavy atom. The van der Waals surface area contributed by atoms with Gasteiger partial charge in [-0.05, 0) is 20.4 Å². The molecule has 0 fully saturated rings. The number of carbonyl (C=O) groups is 1. The van der Waals surface area contributed by atoms with Crippen molar-refractivity contribution in [3.05, 3.63) is 0 Å². The van der Waals surface area contributed by atoms with E-state index in [1.807, 2.05) is 7.05 Å². The summed E-state index contributed by atoms with van der Waals surface area (Å²) in [5.74, 6) is 0.165. The molecule has 0 saturated carbocycles. The first-order valence-electron chi connectivity index (χ1n) is 4.39. The first kappa shape index (κ1) is 11.4. The van der Waals surface area contributed by atoms with Gasteiger partial charge >= 0.3 is 0 Å². The third-order valence-corrected chi connectivity index (χ3v) is 2.23. The molecule has 3 heteroatoms. The van der Waals surface area contributed by atoms with Crippen molar-refractivity contribution in [1.82, 2.24) is 9.80 Å². The Labute approximate surface area is 75.3 Å². The van der Waals surface area contributed by atoms with E-state index in [0.29, 0.717) is 12.6 Å². The van der Waals surface area contributed by atoms with Crippen molar-refractivity contribution in [2.24, 2.45) is 0 Å². The van der Waals surface area contributed by atoms with Crippen LogP contribution in [0.15, 0.2) is 0 Å². The van der Waals surface area contributed by atoms with Crippen LogP contribution in [0, 0.1) is 0 Å². The molecule has 0 aliphatic rings. The number of rotatable bonds is 4. The van der Waals surface area contributed by atoms with Gasteiger partial charge in [0.1, 0.15) is 0 Å². The van der Waals surface area contributed by atoms with Crippen LogP contribution in [0.3, 0.4) is 0 Å². The molecule has 3 nitrogen and oxygen atoms in total. The van der Waals surface area contributed by atoms with E-state index < -0.39 is 0 Å². The average Bonchev–Trinajstić information content (AvgIpc) is 2.02. The number of hydrogen-bond donors (Lipinski definition) is 0. The van der Waals surface area contributed by atoms with Gasteiger partial charge in [-0.1, -0.05) is 6.92 Å². The molecule has 0 aromatic carbocycles. The molecule has 0 aliphatic heterocycles. The van der Waals surface area contributed by atoms with Gasteiger partial charge in [0, 0.05) is 20.1 Å². The molecule has 0 aromatic heterocycles. The Bertz CT molecular complexity index is 145. The summed E-state index contributed by atoms with van der Waals surface area (Å²) in [7, 11) is 5.55. The van der Waals surface area contributed by atoms with Crippen LogP contribution < -0.4 is 0 Å². The zero-order valence-corrected chi connectivity index (χ0v) is 8.79. The highest BCUT2D eigenvalue weighted by Gasteiger charge is 2.11. The molecule has 0 aromatic rings. The van der Waals surface area contributed by atoms with Gasteiger partial charge in [-0.3, -0.25) is 9.69 Å². The Kier molecular flexibility index (Phi) is 4.90. The SMILES string of the molecule is CCC(C)N(C)CC(=O)N(C)C. The second kappa shape index (κ2) is 5.14. The Balaban J connectivity index is 3.83. The van der Waals surface area contributed by atoms with Crippen molar-refractivity contribution in [2.75, 3.05) is 27.7 Å². The summed E-state index contributed by atoms with van der Waals surface area (Å²) >= 11 is 0. The molecule has 1 unspecified atom stereocenters. The summed E-state index contributed by atoms with van der Waals surface area (Å²) in [4.78, 5) is 15.0. The Morgan fingerprint density at radius 2 is 1.83 bits per heavy atom. The van der Waals surface area contributed by atoms with Crippen LogP contribution >= 0.6 is 0 Å². The fraction of sp³-hybridized carbons (Fsp3) is 0.889. The van der Waals surface area contributed by atoms with Crippen LogP contribution in [0.25, 0.3) is 0 Å². The van der Waals surface area contributed by atoms with Gasteiger partial charge in [0.05, 0.1) is 6.54 Å². The molecular weight excluding hydrogens is 152 g/mol. The second-order valence-corrected chi connectivity index (χ2v) is 3.46. The highest BCUT2D eigenvalue weighted by atomic mass is 16.2. The Morgan fingerprint density at radius 1 is 1.33 bits per heavy atom.